The van der Waals surface area contributed by atoms with Gasteiger partial charge in [0.1, 0.15) is 6.04 Å². The number of amidine groups is 1. The van der Waals surface area contributed by atoms with E-state index in [1.54, 1.807) is 0 Å². The van der Waals surface area contributed by atoms with E-state index in [-0.39, 0.29) is 6.04 Å². The molecule has 0 spiro atoms. The molecule has 1 aliphatic rings. The number of benzene rings is 3. The van der Waals surface area contributed by atoms with Gasteiger partial charge in [0.2, 0.25) is 0 Å². The van der Waals surface area contributed by atoms with Crippen LogP contribution < -0.4 is 0 Å². The minimum absolute atomic E-state index is 0.0678. The van der Waals surface area contributed by atoms with Crippen molar-refractivity contribution in [3.05, 3.63) is 107 Å². The highest BCUT2D eigenvalue weighted by Gasteiger charge is 2.23. The van der Waals surface area contributed by atoms with E-state index in [9.17, 15) is 0 Å². The zero-order valence-electron chi connectivity index (χ0n) is 14.5. The largest absolute Gasteiger partial charge is 0.352 e. The van der Waals surface area contributed by atoms with Crippen LogP contribution in [-0.2, 0) is 13.1 Å². The lowest BCUT2D eigenvalue weighted by Gasteiger charge is -2.23. The Morgan fingerprint density at radius 3 is 2.24 bits per heavy atom. The Morgan fingerprint density at radius 1 is 0.840 bits per heavy atom. The van der Waals surface area contributed by atoms with Crippen LogP contribution in [-0.4, -0.2) is 10.7 Å². The summed E-state index contributed by atoms with van der Waals surface area (Å²) in [6, 6.07) is 30.0. The van der Waals surface area contributed by atoms with Crippen molar-refractivity contribution in [1.29, 1.82) is 0 Å². The molecule has 0 radical (unpaired) electrons. The lowest BCUT2D eigenvalue weighted by Crippen LogP contribution is -2.27. The first-order valence-electron chi connectivity index (χ1n) is 8.77. The van der Waals surface area contributed by atoms with Crippen molar-refractivity contribution in [2.45, 2.75) is 26.1 Å². The molecule has 3 aromatic rings. The highest BCUT2D eigenvalue weighted by molar-refractivity contribution is 5.81. The highest BCUT2D eigenvalue weighted by Crippen LogP contribution is 2.32. The van der Waals surface area contributed by atoms with Crippen LogP contribution in [0.25, 0.3) is 0 Å². The monoisotopic (exact) mass is 326 g/mol. The van der Waals surface area contributed by atoms with E-state index in [1.165, 1.54) is 22.3 Å². The van der Waals surface area contributed by atoms with Crippen LogP contribution in [0, 0.1) is 0 Å². The second kappa shape index (κ2) is 6.94. The van der Waals surface area contributed by atoms with E-state index in [0.29, 0.717) is 0 Å². The Bertz CT molecular complexity index is 869. The summed E-state index contributed by atoms with van der Waals surface area (Å²) in [4.78, 5) is 7.48. The van der Waals surface area contributed by atoms with Gasteiger partial charge in [0, 0.05) is 13.1 Å². The second-order valence-electron chi connectivity index (χ2n) is 6.53. The molecule has 2 heteroatoms. The minimum atomic E-state index is 0.0678. The van der Waals surface area contributed by atoms with Gasteiger partial charge in [-0.25, -0.2) is 0 Å². The van der Waals surface area contributed by atoms with Crippen LogP contribution in [0.4, 0.5) is 0 Å². The molecule has 0 bridgehead atoms. The summed E-state index contributed by atoms with van der Waals surface area (Å²) in [6.07, 6.45) is 0. The summed E-state index contributed by atoms with van der Waals surface area (Å²) >= 11 is 0. The predicted octanol–water partition coefficient (Wildman–Crippen LogP) is 5.21. The van der Waals surface area contributed by atoms with Gasteiger partial charge in [0.05, 0.1) is 5.84 Å². The Hall–Kier alpha value is -2.87. The molecule has 3 aromatic carbocycles. The molecule has 1 heterocycles. The number of hydrogen-bond acceptors (Lipinski definition) is 2. The summed E-state index contributed by atoms with van der Waals surface area (Å²) in [5.41, 5.74) is 5.22. The average molecular weight is 326 g/mol. The molecule has 0 fully saturated rings. The summed E-state index contributed by atoms with van der Waals surface area (Å²) in [5.74, 6) is 1.09. The Balaban J connectivity index is 1.75. The molecule has 0 amide bonds. The third-order valence-corrected chi connectivity index (χ3v) is 4.82. The van der Waals surface area contributed by atoms with Gasteiger partial charge in [0.15, 0.2) is 0 Å². The van der Waals surface area contributed by atoms with Crippen molar-refractivity contribution in [2.24, 2.45) is 4.99 Å². The van der Waals surface area contributed by atoms with Crippen molar-refractivity contribution < 1.29 is 0 Å². The van der Waals surface area contributed by atoms with Gasteiger partial charge < -0.3 is 4.90 Å². The van der Waals surface area contributed by atoms with Gasteiger partial charge in [-0.1, -0.05) is 84.9 Å². The van der Waals surface area contributed by atoms with E-state index in [0.717, 1.165) is 18.9 Å². The van der Waals surface area contributed by atoms with Gasteiger partial charge in [-0.05, 0) is 29.2 Å². The van der Waals surface area contributed by atoms with Gasteiger partial charge in [-0.15, -0.1) is 0 Å². The lowest BCUT2D eigenvalue weighted by atomic mass is 9.95. The molecule has 4 rings (SSSR count). The van der Waals surface area contributed by atoms with Crippen LogP contribution in [0.15, 0.2) is 89.9 Å². The number of rotatable bonds is 3. The molecule has 0 aliphatic carbocycles. The van der Waals surface area contributed by atoms with Gasteiger partial charge >= 0.3 is 0 Å². The maximum Gasteiger partial charge on any atom is 0.102 e. The number of nitrogens with zero attached hydrogens (tertiary/aromatic N) is 2. The third-order valence-electron chi connectivity index (χ3n) is 4.82. The molecule has 25 heavy (non-hydrogen) atoms. The van der Waals surface area contributed by atoms with E-state index in [1.807, 2.05) is 0 Å². The molecule has 0 N–H and O–H groups in total. The molecule has 2 nitrogen and oxygen atoms in total. The molecule has 1 unspecified atom stereocenters. The maximum atomic E-state index is 5.11. The summed E-state index contributed by atoms with van der Waals surface area (Å²) in [6.45, 7) is 3.90. The van der Waals surface area contributed by atoms with Crippen LogP contribution >= 0.6 is 0 Å². The zero-order valence-corrected chi connectivity index (χ0v) is 14.5. The van der Waals surface area contributed by atoms with E-state index in [2.05, 4.69) is 96.8 Å². The average Bonchev–Trinajstić information content (AvgIpc) is 2.80. The van der Waals surface area contributed by atoms with Crippen molar-refractivity contribution in [3.8, 4) is 0 Å². The summed E-state index contributed by atoms with van der Waals surface area (Å²) in [7, 11) is 0. The van der Waals surface area contributed by atoms with Crippen molar-refractivity contribution in [2.75, 3.05) is 0 Å². The van der Waals surface area contributed by atoms with E-state index < -0.39 is 0 Å². The molecule has 1 aliphatic heterocycles. The third kappa shape index (κ3) is 3.34. The maximum absolute atomic E-state index is 5.11. The molecule has 0 saturated heterocycles. The van der Waals surface area contributed by atoms with Crippen molar-refractivity contribution in [1.82, 2.24) is 4.90 Å². The van der Waals surface area contributed by atoms with Crippen molar-refractivity contribution in [3.63, 3.8) is 0 Å². The van der Waals surface area contributed by atoms with E-state index in [4.69, 9.17) is 4.99 Å². The van der Waals surface area contributed by atoms with Crippen LogP contribution in [0.3, 0.4) is 0 Å². The number of hydrogen-bond donors (Lipinski definition) is 0. The Morgan fingerprint density at radius 2 is 1.48 bits per heavy atom. The molecular formula is C23H22N2. The van der Waals surface area contributed by atoms with Crippen molar-refractivity contribution >= 4 is 5.84 Å². The lowest BCUT2D eigenvalue weighted by molar-refractivity contribution is 0.405. The second-order valence-corrected chi connectivity index (χ2v) is 6.53. The molecular weight excluding hydrogens is 304 g/mol. The first-order chi connectivity index (χ1) is 12.3. The fourth-order valence-corrected chi connectivity index (χ4v) is 3.47. The first kappa shape index (κ1) is 15.6. The Labute approximate surface area is 149 Å². The number of fused-ring (bicyclic) bond motifs is 1. The smallest absolute Gasteiger partial charge is 0.102 e. The highest BCUT2D eigenvalue weighted by atomic mass is 15.2. The molecule has 0 aromatic heterocycles. The quantitative estimate of drug-likeness (QED) is 0.645. The topological polar surface area (TPSA) is 15.6 Å². The van der Waals surface area contributed by atoms with Crippen LogP contribution in [0.2, 0.25) is 0 Å². The Kier molecular flexibility index (Phi) is 4.34. The number of aliphatic imine (C=N–C) groups is 1. The fourth-order valence-electron chi connectivity index (χ4n) is 3.47. The summed E-state index contributed by atoms with van der Waals surface area (Å²) in [5, 5.41) is 0. The molecule has 0 saturated carbocycles. The van der Waals surface area contributed by atoms with Gasteiger partial charge in [-0.3, -0.25) is 4.99 Å². The standard InChI is InChI=1S/C23H22N2/c1-18-24-23(20-12-6-3-7-13-20)22-15-9-8-14-21(22)17-25(18)16-19-10-4-2-5-11-19/h2-15,23H,16-17H2,1H3. The fraction of sp³-hybridized carbons (Fsp3) is 0.174. The van der Waals surface area contributed by atoms with E-state index >= 15 is 0 Å². The molecule has 124 valence electrons. The predicted molar refractivity (Wildman–Crippen MR) is 104 cm³/mol. The summed E-state index contributed by atoms with van der Waals surface area (Å²) < 4.78 is 0. The zero-order chi connectivity index (χ0) is 17.1. The minimum Gasteiger partial charge on any atom is -0.352 e. The van der Waals surface area contributed by atoms with Gasteiger partial charge in [0.25, 0.3) is 0 Å². The van der Waals surface area contributed by atoms with Crippen LogP contribution in [0.1, 0.15) is 35.2 Å². The van der Waals surface area contributed by atoms with Crippen LogP contribution in [0.5, 0.6) is 0 Å². The first-order valence-corrected chi connectivity index (χ1v) is 8.77. The SMILES string of the molecule is CC1=NC(c2ccccc2)c2ccccc2CN1Cc1ccccc1. The normalized spacial score (nSPS) is 16.8. The molecule has 1 atom stereocenters. The van der Waals surface area contributed by atoms with Gasteiger partial charge in [-0.2, -0.15) is 0 Å².